The quantitative estimate of drug-likeness (QED) is 0.390. The van der Waals surface area contributed by atoms with Crippen molar-refractivity contribution in [1.29, 1.82) is 5.41 Å². The number of ether oxygens (including phenoxy) is 1. The van der Waals surface area contributed by atoms with Crippen LogP contribution in [0, 0.1) is 11.2 Å². The van der Waals surface area contributed by atoms with E-state index in [-0.39, 0.29) is 16.1 Å². The van der Waals surface area contributed by atoms with Gasteiger partial charge in [-0.1, -0.05) is 39.0 Å². The lowest BCUT2D eigenvalue weighted by atomic mass is 10.1. The van der Waals surface area contributed by atoms with E-state index in [1.54, 1.807) is 6.07 Å². The van der Waals surface area contributed by atoms with E-state index in [0.29, 0.717) is 12.2 Å². The SMILES string of the molecule is CCCCCCCCOc1ccc(C(=N)N)c(Br)c1F. The number of halogens is 2. The van der Waals surface area contributed by atoms with E-state index in [0.717, 1.165) is 12.8 Å². The van der Waals surface area contributed by atoms with Gasteiger partial charge in [0.2, 0.25) is 0 Å². The van der Waals surface area contributed by atoms with Crippen molar-refractivity contribution in [1.82, 2.24) is 0 Å². The van der Waals surface area contributed by atoms with Crippen LogP contribution in [0.3, 0.4) is 0 Å². The molecule has 1 aromatic rings. The third-order valence-corrected chi connectivity index (χ3v) is 3.87. The Labute approximate surface area is 128 Å². The van der Waals surface area contributed by atoms with E-state index in [4.69, 9.17) is 15.9 Å². The number of amidine groups is 1. The molecule has 0 unspecified atom stereocenters. The molecule has 3 nitrogen and oxygen atoms in total. The summed E-state index contributed by atoms with van der Waals surface area (Å²) in [5.74, 6) is -0.461. The van der Waals surface area contributed by atoms with Crippen molar-refractivity contribution >= 4 is 21.8 Å². The first-order chi connectivity index (χ1) is 9.57. The summed E-state index contributed by atoms with van der Waals surface area (Å²) in [4.78, 5) is 0. The lowest BCUT2D eigenvalue weighted by molar-refractivity contribution is 0.289. The maximum atomic E-state index is 14.0. The van der Waals surface area contributed by atoms with Crippen LogP contribution < -0.4 is 10.5 Å². The standard InChI is InChI=1S/C15H22BrFN2O/c1-2-3-4-5-6-7-10-20-12-9-8-11(15(18)19)13(16)14(12)17/h8-9H,2-7,10H2,1H3,(H3,18,19). The highest BCUT2D eigenvalue weighted by molar-refractivity contribution is 9.10. The van der Waals surface area contributed by atoms with Crippen LogP contribution >= 0.6 is 15.9 Å². The number of hydrogen-bond acceptors (Lipinski definition) is 2. The molecule has 0 aliphatic heterocycles. The Kier molecular flexibility index (Phi) is 7.59. The molecule has 0 saturated heterocycles. The summed E-state index contributed by atoms with van der Waals surface area (Å²) < 4.78 is 19.6. The minimum Gasteiger partial charge on any atom is -0.490 e. The van der Waals surface area contributed by atoms with Gasteiger partial charge in [-0.05, 0) is 34.5 Å². The van der Waals surface area contributed by atoms with Gasteiger partial charge in [-0.2, -0.15) is 0 Å². The van der Waals surface area contributed by atoms with Crippen LogP contribution in [0.25, 0.3) is 0 Å². The molecular formula is C15H22BrFN2O. The summed E-state index contributed by atoms with van der Waals surface area (Å²) in [7, 11) is 0. The van der Waals surface area contributed by atoms with E-state index in [1.807, 2.05) is 0 Å². The predicted octanol–water partition coefficient (Wildman–Crippen LogP) is 4.61. The lowest BCUT2D eigenvalue weighted by Gasteiger charge is -2.10. The molecule has 1 aromatic carbocycles. The second kappa shape index (κ2) is 8.95. The summed E-state index contributed by atoms with van der Waals surface area (Å²) in [6.45, 7) is 2.70. The molecule has 0 aromatic heterocycles. The zero-order valence-corrected chi connectivity index (χ0v) is 13.4. The van der Waals surface area contributed by atoms with Crippen LogP contribution in [0.5, 0.6) is 5.75 Å². The molecule has 1 rings (SSSR count). The van der Waals surface area contributed by atoms with Gasteiger partial charge in [-0.3, -0.25) is 5.41 Å². The largest absolute Gasteiger partial charge is 0.490 e. The minimum absolute atomic E-state index is 0.168. The minimum atomic E-state index is -0.497. The number of nitrogens with one attached hydrogen (secondary N) is 1. The molecule has 0 spiro atoms. The molecule has 0 heterocycles. The first kappa shape index (κ1) is 17.0. The molecule has 0 atom stereocenters. The van der Waals surface area contributed by atoms with Crippen molar-refractivity contribution < 1.29 is 9.13 Å². The van der Waals surface area contributed by atoms with E-state index in [1.165, 1.54) is 31.7 Å². The highest BCUT2D eigenvalue weighted by atomic mass is 79.9. The lowest BCUT2D eigenvalue weighted by Crippen LogP contribution is -2.13. The molecule has 20 heavy (non-hydrogen) atoms. The second-order valence-corrected chi connectivity index (χ2v) is 5.56. The van der Waals surface area contributed by atoms with Crippen molar-refractivity contribution in [2.24, 2.45) is 5.73 Å². The first-order valence-corrected chi connectivity index (χ1v) is 7.82. The third kappa shape index (κ3) is 5.12. The Morgan fingerprint density at radius 1 is 1.25 bits per heavy atom. The molecule has 112 valence electrons. The molecule has 0 fully saturated rings. The fourth-order valence-electron chi connectivity index (χ4n) is 1.92. The summed E-state index contributed by atoms with van der Waals surface area (Å²) in [6, 6.07) is 3.11. The van der Waals surface area contributed by atoms with Crippen LogP contribution in [0.2, 0.25) is 0 Å². The Hall–Kier alpha value is -1.10. The molecule has 0 bridgehead atoms. The van der Waals surface area contributed by atoms with Gasteiger partial charge in [0, 0.05) is 5.56 Å². The number of hydrogen-bond donors (Lipinski definition) is 2. The number of benzene rings is 1. The van der Waals surface area contributed by atoms with Crippen LogP contribution in [0.15, 0.2) is 16.6 Å². The van der Waals surface area contributed by atoms with Crippen molar-refractivity contribution in [3.63, 3.8) is 0 Å². The molecule has 0 aliphatic carbocycles. The Morgan fingerprint density at radius 2 is 1.90 bits per heavy atom. The Morgan fingerprint density at radius 3 is 2.55 bits per heavy atom. The highest BCUT2D eigenvalue weighted by Crippen LogP contribution is 2.28. The van der Waals surface area contributed by atoms with Crippen LogP contribution in [-0.4, -0.2) is 12.4 Å². The average molecular weight is 345 g/mol. The van der Waals surface area contributed by atoms with Gasteiger partial charge >= 0.3 is 0 Å². The molecule has 3 N–H and O–H groups in total. The fraction of sp³-hybridized carbons (Fsp3) is 0.533. The van der Waals surface area contributed by atoms with Gasteiger partial charge in [0.05, 0.1) is 11.1 Å². The van der Waals surface area contributed by atoms with Gasteiger partial charge in [0.1, 0.15) is 5.84 Å². The molecule has 0 radical (unpaired) electrons. The second-order valence-electron chi connectivity index (χ2n) is 4.77. The van der Waals surface area contributed by atoms with Gasteiger partial charge in [-0.15, -0.1) is 0 Å². The number of nitrogen functional groups attached to an aromatic ring is 1. The van der Waals surface area contributed by atoms with Crippen LogP contribution in [0.1, 0.15) is 51.0 Å². The predicted molar refractivity (Wildman–Crippen MR) is 84.0 cm³/mol. The number of rotatable bonds is 9. The number of unbranched alkanes of at least 4 members (excludes halogenated alkanes) is 5. The summed E-state index contributed by atoms with van der Waals surface area (Å²) in [5.41, 5.74) is 5.70. The molecule has 0 amide bonds. The van der Waals surface area contributed by atoms with Crippen molar-refractivity contribution in [2.75, 3.05) is 6.61 Å². The van der Waals surface area contributed by atoms with Gasteiger partial charge in [0.25, 0.3) is 0 Å². The van der Waals surface area contributed by atoms with Crippen molar-refractivity contribution in [2.45, 2.75) is 45.4 Å². The third-order valence-electron chi connectivity index (χ3n) is 3.09. The van der Waals surface area contributed by atoms with Gasteiger partial charge in [-0.25, -0.2) is 4.39 Å². The molecule has 0 saturated carbocycles. The van der Waals surface area contributed by atoms with E-state index in [2.05, 4.69) is 22.9 Å². The molecular weight excluding hydrogens is 323 g/mol. The summed E-state index contributed by atoms with van der Waals surface area (Å²) in [6.07, 6.45) is 6.99. The normalized spacial score (nSPS) is 10.6. The maximum Gasteiger partial charge on any atom is 0.179 e. The van der Waals surface area contributed by atoms with Gasteiger partial charge < -0.3 is 10.5 Å². The number of nitrogens with two attached hydrogens (primary N) is 1. The van der Waals surface area contributed by atoms with Crippen molar-refractivity contribution in [3.05, 3.63) is 28.0 Å². The van der Waals surface area contributed by atoms with E-state index in [9.17, 15) is 4.39 Å². The Balaban J connectivity index is 2.41. The Bertz CT molecular complexity index is 452. The zero-order valence-electron chi connectivity index (χ0n) is 11.8. The zero-order chi connectivity index (χ0) is 15.0. The average Bonchev–Trinajstić information content (AvgIpc) is 2.42. The van der Waals surface area contributed by atoms with E-state index >= 15 is 0 Å². The van der Waals surface area contributed by atoms with Crippen LogP contribution in [0.4, 0.5) is 4.39 Å². The molecule has 0 aliphatic rings. The summed E-state index contributed by atoms with van der Waals surface area (Å²) >= 11 is 3.11. The van der Waals surface area contributed by atoms with Crippen molar-refractivity contribution in [3.8, 4) is 5.75 Å². The van der Waals surface area contributed by atoms with Crippen LogP contribution in [-0.2, 0) is 0 Å². The topological polar surface area (TPSA) is 59.1 Å². The van der Waals surface area contributed by atoms with E-state index < -0.39 is 5.82 Å². The monoisotopic (exact) mass is 344 g/mol. The highest BCUT2D eigenvalue weighted by Gasteiger charge is 2.13. The first-order valence-electron chi connectivity index (χ1n) is 7.03. The maximum absolute atomic E-state index is 14.0. The molecule has 5 heteroatoms. The van der Waals surface area contributed by atoms with Gasteiger partial charge in [0.15, 0.2) is 11.6 Å². The summed E-state index contributed by atoms with van der Waals surface area (Å²) in [5, 5.41) is 7.33. The fourth-order valence-corrected chi connectivity index (χ4v) is 2.46. The smallest absolute Gasteiger partial charge is 0.179 e.